The Hall–Kier alpha value is -19.1. The first-order chi connectivity index (χ1) is 71.4. The number of para-hydroxylation sites is 1. The van der Waals surface area contributed by atoms with Gasteiger partial charge in [-0.1, -0.05) is 425 Å². The van der Waals surface area contributed by atoms with Gasteiger partial charge in [-0.2, -0.15) is 0 Å². The van der Waals surface area contributed by atoms with E-state index >= 15 is 0 Å². The van der Waals surface area contributed by atoms with Crippen molar-refractivity contribution in [3.8, 4) is 146 Å². The highest BCUT2D eigenvalue weighted by molar-refractivity contribution is 6.25. The van der Waals surface area contributed by atoms with Crippen LogP contribution in [-0.2, 0) is 0 Å². The largest absolute Gasteiger partial charge is 0.256 e. The minimum Gasteiger partial charge on any atom is -0.256 e. The lowest BCUT2D eigenvalue weighted by molar-refractivity contribution is 1.19. The highest BCUT2D eigenvalue weighted by Crippen LogP contribution is 2.50. The summed E-state index contributed by atoms with van der Waals surface area (Å²) >= 11 is 0. The molecule has 670 valence electrons. The summed E-state index contributed by atoms with van der Waals surface area (Å²) in [4.78, 5) is 29.3. The Morgan fingerprint density at radius 1 is 0.125 bits per heavy atom. The number of rotatable bonds is 13. The molecule has 0 spiro atoms. The quantitative estimate of drug-likeness (QED) is 0.0846. The summed E-state index contributed by atoms with van der Waals surface area (Å²) in [5.74, 6) is 0.710. The molecule has 28 rings (SSSR count). The maximum atomic E-state index is 5.29. The molecule has 0 atom stereocenters. The number of fused-ring (bicyclic) bond motifs is 14. The zero-order valence-electron chi connectivity index (χ0n) is 78.5. The van der Waals surface area contributed by atoms with Crippen molar-refractivity contribution < 1.29 is 0 Å². The monoisotopic (exact) mass is 1830 g/mol. The summed E-state index contributed by atoms with van der Waals surface area (Å²) < 4.78 is 0. The van der Waals surface area contributed by atoms with Gasteiger partial charge in [0.05, 0.1) is 34.0 Å². The van der Waals surface area contributed by atoms with Crippen molar-refractivity contribution in [1.29, 1.82) is 0 Å². The lowest BCUT2D eigenvalue weighted by Gasteiger charge is -2.19. The lowest BCUT2D eigenvalue weighted by Crippen LogP contribution is -1.97. The van der Waals surface area contributed by atoms with Gasteiger partial charge in [-0.3, -0.25) is 19.9 Å². The van der Waals surface area contributed by atoms with Crippen LogP contribution in [0.2, 0.25) is 0 Å². The predicted octanol–water partition coefficient (Wildman–Crippen LogP) is 36.9. The first-order valence-electron chi connectivity index (χ1n) is 49.0. The molecular formula is C138H88N6. The molecule has 0 saturated heterocycles. The molecule has 0 unspecified atom stereocenters. The summed E-state index contributed by atoms with van der Waals surface area (Å²) in [6.07, 6.45) is 7.60. The predicted molar refractivity (Wildman–Crippen MR) is 607 cm³/mol. The number of aromatic nitrogens is 6. The van der Waals surface area contributed by atoms with Crippen LogP contribution in [-0.4, -0.2) is 29.9 Å². The van der Waals surface area contributed by atoms with Gasteiger partial charge in [-0.15, -0.1) is 0 Å². The standard InChI is InChI=1S/C48H30N2.C46H30N2.C44H28N2/c1-3-11-33-25-37(19-17-31(33)9-1)47-41-14-6-7-15-42(41)48(38-20-18-32-10-2-4-12-34(32)26-38)44-28-35(21-23-43(44)47)39-22-24-46(49-29-39)40-27-36-13-5-8-16-45(36)50-30-40;1-2-12-37-31(10-1)11-9-15-38(37)36-26-27-41-42(30-36)46(35-24-20-33(21-25-35)44-17-6-8-29-48-44)40-14-4-3-13-39(40)45(41)34-22-18-32(19-23-34)43-16-5-7-28-47-43;1-2-12-29(13-3-1)30-22-24-31(25-23-30)44-45-42(40-26-32-14-4-6-16-34(32)36-18-8-10-20-38(36)40)28-43(46-44)41-27-33-15-5-7-17-35(33)37-19-9-11-21-39(37)41/h1-30H;1-30H;1-28H. The molecule has 0 N–H and O–H groups in total. The van der Waals surface area contributed by atoms with E-state index in [4.69, 9.17) is 15.0 Å². The fourth-order valence-electron chi connectivity index (χ4n) is 21.6. The lowest BCUT2D eigenvalue weighted by atomic mass is 9.84. The van der Waals surface area contributed by atoms with Gasteiger partial charge in [0.1, 0.15) is 0 Å². The van der Waals surface area contributed by atoms with E-state index in [1.54, 1.807) is 0 Å². The molecule has 0 fully saturated rings. The van der Waals surface area contributed by atoms with Gasteiger partial charge in [0.25, 0.3) is 0 Å². The third-order valence-corrected chi connectivity index (χ3v) is 28.5. The number of benzene rings is 23. The van der Waals surface area contributed by atoms with Crippen molar-refractivity contribution in [2.24, 2.45) is 0 Å². The average Bonchev–Trinajstić information content (AvgIpc) is 0.725. The van der Waals surface area contributed by atoms with Gasteiger partial charge in [-0.25, -0.2) is 9.97 Å². The Labute approximate surface area is 833 Å². The van der Waals surface area contributed by atoms with E-state index in [0.717, 1.165) is 83.9 Å². The van der Waals surface area contributed by atoms with Crippen molar-refractivity contribution >= 4 is 129 Å². The Balaban J connectivity index is 0.000000110. The Bertz CT molecular complexity index is 9720. The third-order valence-electron chi connectivity index (χ3n) is 28.5. The molecule has 0 saturated carbocycles. The first kappa shape index (κ1) is 85.3. The maximum Gasteiger partial charge on any atom is 0.160 e. The smallest absolute Gasteiger partial charge is 0.160 e. The number of hydrogen-bond donors (Lipinski definition) is 0. The van der Waals surface area contributed by atoms with Crippen LogP contribution >= 0.6 is 0 Å². The second kappa shape index (κ2) is 37.0. The number of nitrogens with zero attached hydrogens (tertiary/aromatic N) is 6. The van der Waals surface area contributed by atoms with Crippen LogP contribution in [0, 0.1) is 0 Å². The van der Waals surface area contributed by atoms with Crippen LogP contribution in [0.4, 0.5) is 0 Å². The van der Waals surface area contributed by atoms with E-state index < -0.39 is 0 Å². The van der Waals surface area contributed by atoms with Crippen LogP contribution < -0.4 is 0 Å². The van der Waals surface area contributed by atoms with Crippen molar-refractivity contribution in [1.82, 2.24) is 29.9 Å². The van der Waals surface area contributed by atoms with Crippen LogP contribution in [0.25, 0.3) is 275 Å². The van der Waals surface area contributed by atoms with E-state index in [9.17, 15) is 0 Å². The highest BCUT2D eigenvalue weighted by Gasteiger charge is 2.24. The second-order valence-corrected chi connectivity index (χ2v) is 37.0. The molecule has 0 aliphatic rings. The minimum atomic E-state index is 0.710. The number of pyridine rings is 4. The number of hydrogen-bond acceptors (Lipinski definition) is 6. The Kier molecular flexibility index (Phi) is 21.9. The molecule has 5 aromatic heterocycles. The molecule has 0 aliphatic heterocycles. The van der Waals surface area contributed by atoms with Crippen molar-refractivity contribution in [3.05, 3.63) is 534 Å². The van der Waals surface area contributed by atoms with Gasteiger partial charge < -0.3 is 0 Å². The molecule has 23 aromatic carbocycles. The molecule has 28 aromatic rings. The normalized spacial score (nSPS) is 11.5. The summed E-state index contributed by atoms with van der Waals surface area (Å²) in [6.45, 7) is 0. The van der Waals surface area contributed by atoms with Gasteiger partial charge in [0.2, 0.25) is 0 Å². The van der Waals surface area contributed by atoms with Crippen molar-refractivity contribution in [2.75, 3.05) is 0 Å². The van der Waals surface area contributed by atoms with E-state index in [0.29, 0.717) is 5.82 Å². The molecule has 144 heavy (non-hydrogen) atoms. The molecule has 6 nitrogen and oxygen atoms in total. The van der Waals surface area contributed by atoms with E-state index in [2.05, 4.69) is 476 Å². The van der Waals surface area contributed by atoms with Crippen LogP contribution in [0.5, 0.6) is 0 Å². The zero-order chi connectivity index (χ0) is 95.3. The van der Waals surface area contributed by atoms with E-state index in [1.165, 1.54) is 185 Å². The zero-order valence-corrected chi connectivity index (χ0v) is 78.5. The second-order valence-electron chi connectivity index (χ2n) is 37.0. The van der Waals surface area contributed by atoms with Gasteiger partial charge >= 0.3 is 0 Å². The van der Waals surface area contributed by atoms with Crippen LogP contribution in [0.15, 0.2) is 534 Å². The summed E-state index contributed by atoms with van der Waals surface area (Å²) in [5, 5.41) is 28.1. The van der Waals surface area contributed by atoms with Crippen LogP contribution in [0.3, 0.4) is 0 Å². The van der Waals surface area contributed by atoms with Crippen molar-refractivity contribution in [2.45, 2.75) is 0 Å². The average molecular weight is 1830 g/mol. The summed E-state index contributed by atoms with van der Waals surface area (Å²) in [7, 11) is 0. The highest BCUT2D eigenvalue weighted by atomic mass is 14.9. The van der Waals surface area contributed by atoms with Gasteiger partial charge in [0, 0.05) is 69.1 Å². The minimum absolute atomic E-state index is 0.710. The molecule has 0 amide bonds. The molecule has 0 aliphatic carbocycles. The topological polar surface area (TPSA) is 77.3 Å². The molecule has 0 radical (unpaired) electrons. The summed E-state index contributed by atoms with van der Waals surface area (Å²) in [6, 6.07) is 183. The Morgan fingerprint density at radius 3 is 1.01 bits per heavy atom. The van der Waals surface area contributed by atoms with Crippen molar-refractivity contribution in [3.63, 3.8) is 0 Å². The maximum absolute atomic E-state index is 5.29. The third kappa shape index (κ3) is 16.0. The van der Waals surface area contributed by atoms with Gasteiger partial charge in [-0.05, 0) is 276 Å². The SMILES string of the molecule is c1ccc(-c2ccc(-c3c4ccccc4c(-c4ccc(-c5ccccn5)cc4)c4cc(-c5cccc6ccccc56)ccc34)cc2)nc1.c1ccc(-c2ccc(-c3nc(-c4cc5ccccc5c5ccccc45)cc(-c4cc5ccccc5c5ccccc45)n3)cc2)cc1.c1ccc2cc(-c3c4ccccc4c(-c4ccc5ccccc5c4)c4cc(-c5ccc(-c6cnc7ccccc7c6)nc5)ccc34)ccc2c1. The Morgan fingerprint density at radius 2 is 0.479 bits per heavy atom. The molecule has 0 bridgehead atoms. The van der Waals surface area contributed by atoms with Gasteiger partial charge in [0.15, 0.2) is 5.82 Å². The van der Waals surface area contributed by atoms with E-state index in [-0.39, 0.29) is 0 Å². The fraction of sp³-hybridized carbons (Fsp3) is 0. The summed E-state index contributed by atoms with van der Waals surface area (Å²) in [5.41, 5.74) is 28.9. The first-order valence-corrected chi connectivity index (χ1v) is 49.0. The van der Waals surface area contributed by atoms with E-state index in [1.807, 2.05) is 73.3 Å². The molecule has 5 heterocycles. The molecule has 6 heteroatoms. The fourth-order valence-corrected chi connectivity index (χ4v) is 21.6. The van der Waals surface area contributed by atoms with Crippen LogP contribution in [0.1, 0.15) is 0 Å². The molecular weight excluding hydrogens is 1740 g/mol.